The molecule has 1 aliphatic carbocycles. The maximum absolute atomic E-state index is 6.15. The van der Waals surface area contributed by atoms with E-state index in [2.05, 4.69) is 28.1 Å². The van der Waals surface area contributed by atoms with Gasteiger partial charge in [-0.1, -0.05) is 52.2 Å². The predicted octanol–water partition coefficient (Wildman–Crippen LogP) is 4.45. The molecule has 0 amide bonds. The van der Waals surface area contributed by atoms with Gasteiger partial charge in [0, 0.05) is 10.4 Å². The molecule has 76 valence electrons. The molecular weight excluding hydrogens is 259 g/mol. The Hall–Kier alpha value is -0.0100. The van der Waals surface area contributed by atoms with Crippen LogP contribution in [-0.4, -0.2) is 5.33 Å². The number of benzene rings is 1. The van der Waals surface area contributed by atoms with Gasteiger partial charge in [-0.15, -0.1) is 0 Å². The van der Waals surface area contributed by atoms with Crippen LogP contribution in [0.5, 0.6) is 0 Å². The van der Waals surface area contributed by atoms with Gasteiger partial charge < -0.3 is 0 Å². The van der Waals surface area contributed by atoms with Crippen LogP contribution < -0.4 is 0 Å². The summed E-state index contributed by atoms with van der Waals surface area (Å²) in [6, 6.07) is 8.19. The van der Waals surface area contributed by atoms with E-state index in [1.54, 1.807) is 0 Å². The first kappa shape index (κ1) is 10.5. The van der Waals surface area contributed by atoms with Gasteiger partial charge in [0.1, 0.15) is 0 Å². The Morgan fingerprint density at radius 2 is 2.00 bits per heavy atom. The fraction of sp³-hybridized carbons (Fsp3) is 0.500. The molecule has 1 aromatic carbocycles. The highest BCUT2D eigenvalue weighted by Gasteiger charge is 2.36. The first-order valence-electron chi connectivity index (χ1n) is 5.05. The van der Waals surface area contributed by atoms with Crippen molar-refractivity contribution in [3.05, 3.63) is 34.9 Å². The van der Waals surface area contributed by atoms with E-state index in [1.807, 2.05) is 12.1 Å². The number of hydrogen-bond acceptors (Lipinski definition) is 0. The lowest BCUT2D eigenvalue weighted by molar-refractivity contribution is 0.170. The van der Waals surface area contributed by atoms with Crippen molar-refractivity contribution in [2.75, 3.05) is 5.33 Å². The Morgan fingerprint density at radius 3 is 2.50 bits per heavy atom. The third-order valence-electron chi connectivity index (χ3n) is 3.22. The van der Waals surface area contributed by atoms with Crippen LogP contribution in [0, 0.1) is 5.41 Å². The molecule has 1 fully saturated rings. The van der Waals surface area contributed by atoms with Crippen LogP contribution in [0.2, 0.25) is 5.02 Å². The second kappa shape index (κ2) is 4.24. The molecule has 0 nitrogen and oxygen atoms in total. The molecule has 2 heteroatoms. The summed E-state index contributed by atoms with van der Waals surface area (Å²) in [5, 5.41) is 2.02. The van der Waals surface area contributed by atoms with Gasteiger partial charge in [-0.25, -0.2) is 0 Å². The highest BCUT2D eigenvalue weighted by Crippen LogP contribution is 2.45. The highest BCUT2D eigenvalue weighted by molar-refractivity contribution is 9.09. The third kappa shape index (κ3) is 1.99. The smallest absolute Gasteiger partial charge is 0.0438 e. The van der Waals surface area contributed by atoms with Gasteiger partial charge >= 0.3 is 0 Å². The molecule has 0 heterocycles. The van der Waals surface area contributed by atoms with E-state index in [0.29, 0.717) is 5.41 Å². The fourth-order valence-corrected chi connectivity index (χ4v) is 3.04. The molecule has 0 saturated heterocycles. The van der Waals surface area contributed by atoms with Crippen LogP contribution in [0.15, 0.2) is 24.3 Å². The molecule has 14 heavy (non-hydrogen) atoms. The zero-order valence-electron chi connectivity index (χ0n) is 8.10. The lowest BCUT2D eigenvalue weighted by Gasteiger charge is -2.41. The Kier molecular flexibility index (Phi) is 3.18. The molecule has 0 spiro atoms. The Balaban J connectivity index is 2.13. The molecule has 0 unspecified atom stereocenters. The summed E-state index contributed by atoms with van der Waals surface area (Å²) >= 11 is 9.78. The maximum Gasteiger partial charge on any atom is 0.0438 e. The summed E-state index contributed by atoms with van der Waals surface area (Å²) < 4.78 is 0. The molecule has 1 saturated carbocycles. The predicted molar refractivity (Wildman–Crippen MR) is 65.2 cm³/mol. The largest absolute Gasteiger partial charge is 0.0922 e. The van der Waals surface area contributed by atoms with Crippen molar-refractivity contribution in [1.82, 2.24) is 0 Å². The minimum atomic E-state index is 0.491. The van der Waals surface area contributed by atoms with Crippen molar-refractivity contribution in [1.29, 1.82) is 0 Å². The van der Waals surface area contributed by atoms with E-state index in [-0.39, 0.29) is 0 Å². The zero-order valence-corrected chi connectivity index (χ0v) is 10.4. The summed E-state index contributed by atoms with van der Waals surface area (Å²) in [7, 11) is 0. The molecule has 0 aliphatic heterocycles. The molecule has 0 aromatic heterocycles. The molecule has 0 radical (unpaired) electrons. The monoisotopic (exact) mass is 272 g/mol. The van der Waals surface area contributed by atoms with E-state index >= 15 is 0 Å². The summed E-state index contributed by atoms with van der Waals surface area (Å²) in [4.78, 5) is 0. The van der Waals surface area contributed by atoms with Crippen molar-refractivity contribution < 1.29 is 0 Å². The maximum atomic E-state index is 6.15. The minimum absolute atomic E-state index is 0.491. The fourth-order valence-electron chi connectivity index (χ4n) is 2.08. The number of halogens is 2. The quantitative estimate of drug-likeness (QED) is 0.714. The number of alkyl halides is 1. The van der Waals surface area contributed by atoms with E-state index < -0.39 is 0 Å². The van der Waals surface area contributed by atoms with Crippen LogP contribution in [0.25, 0.3) is 0 Å². The Labute approximate surface area is 98.8 Å². The molecule has 1 aliphatic rings. The normalized spacial score (nSPS) is 19.0. The third-order valence-corrected chi connectivity index (χ3v) is 4.78. The zero-order chi connectivity index (χ0) is 10.0. The summed E-state index contributed by atoms with van der Waals surface area (Å²) in [6.45, 7) is 0. The SMILES string of the molecule is Clc1ccccc1CC1(CBr)CCC1. The van der Waals surface area contributed by atoms with Crippen LogP contribution in [0.4, 0.5) is 0 Å². The van der Waals surface area contributed by atoms with Crippen molar-refractivity contribution in [3.8, 4) is 0 Å². The summed E-state index contributed by atoms with van der Waals surface area (Å²) in [6.07, 6.45) is 5.17. The number of rotatable bonds is 3. The van der Waals surface area contributed by atoms with E-state index in [9.17, 15) is 0 Å². The average molecular weight is 274 g/mol. The molecule has 1 aromatic rings. The topological polar surface area (TPSA) is 0 Å². The lowest BCUT2D eigenvalue weighted by Crippen LogP contribution is -2.33. The van der Waals surface area contributed by atoms with Crippen LogP contribution in [-0.2, 0) is 6.42 Å². The van der Waals surface area contributed by atoms with Gasteiger partial charge in [-0.3, -0.25) is 0 Å². The summed E-state index contributed by atoms with van der Waals surface area (Å²) in [5.41, 5.74) is 1.79. The number of hydrogen-bond donors (Lipinski definition) is 0. The lowest BCUT2D eigenvalue weighted by atomic mass is 9.67. The van der Waals surface area contributed by atoms with Gasteiger partial charge in [0.2, 0.25) is 0 Å². The van der Waals surface area contributed by atoms with Crippen molar-refractivity contribution in [2.24, 2.45) is 5.41 Å². The first-order valence-corrected chi connectivity index (χ1v) is 6.55. The van der Waals surface area contributed by atoms with Crippen molar-refractivity contribution in [3.63, 3.8) is 0 Å². The molecule has 0 N–H and O–H groups in total. The summed E-state index contributed by atoms with van der Waals surface area (Å²) in [5.74, 6) is 0. The van der Waals surface area contributed by atoms with E-state index in [0.717, 1.165) is 16.8 Å². The molecular formula is C12H14BrCl. The van der Waals surface area contributed by atoms with Gasteiger partial charge in [0.15, 0.2) is 0 Å². The standard InChI is InChI=1S/C12H14BrCl/c13-9-12(6-3-7-12)8-10-4-1-2-5-11(10)14/h1-2,4-5H,3,6-9H2. The molecule has 2 rings (SSSR count). The average Bonchev–Trinajstić information content (AvgIpc) is 2.14. The minimum Gasteiger partial charge on any atom is -0.0922 e. The van der Waals surface area contributed by atoms with E-state index in [4.69, 9.17) is 11.6 Å². The van der Waals surface area contributed by atoms with Gasteiger partial charge in [0.25, 0.3) is 0 Å². The van der Waals surface area contributed by atoms with Gasteiger partial charge in [-0.2, -0.15) is 0 Å². The first-order chi connectivity index (χ1) is 6.76. The Morgan fingerprint density at radius 1 is 1.29 bits per heavy atom. The van der Waals surface area contributed by atoms with E-state index in [1.165, 1.54) is 24.8 Å². The molecule has 0 atom stereocenters. The van der Waals surface area contributed by atoms with Crippen LogP contribution in [0.1, 0.15) is 24.8 Å². The Bertz CT molecular complexity index is 312. The van der Waals surface area contributed by atoms with Gasteiger partial charge in [-0.05, 0) is 36.3 Å². The highest BCUT2D eigenvalue weighted by atomic mass is 79.9. The second-order valence-corrected chi connectivity index (χ2v) is 5.22. The molecule has 0 bridgehead atoms. The van der Waals surface area contributed by atoms with Crippen molar-refractivity contribution >= 4 is 27.5 Å². The van der Waals surface area contributed by atoms with Crippen molar-refractivity contribution in [2.45, 2.75) is 25.7 Å². The van der Waals surface area contributed by atoms with Crippen LogP contribution >= 0.6 is 27.5 Å². The second-order valence-electron chi connectivity index (χ2n) is 4.26. The van der Waals surface area contributed by atoms with Crippen LogP contribution in [0.3, 0.4) is 0 Å². The van der Waals surface area contributed by atoms with Gasteiger partial charge in [0.05, 0.1) is 0 Å².